The van der Waals surface area contributed by atoms with Crippen molar-refractivity contribution < 1.29 is 9.53 Å². The molecule has 0 radical (unpaired) electrons. The Balaban J connectivity index is 2.85. The van der Waals surface area contributed by atoms with E-state index in [1.54, 1.807) is 6.07 Å². The van der Waals surface area contributed by atoms with E-state index in [9.17, 15) is 4.79 Å². The molecule has 0 saturated carbocycles. The van der Waals surface area contributed by atoms with Gasteiger partial charge in [0.25, 0.3) is 10.8 Å². The van der Waals surface area contributed by atoms with E-state index >= 15 is 0 Å². The van der Waals surface area contributed by atoms with Crippen LogP contribution in [0.25, 0.3) is 0 Å². The zero-order chi connectivity index (χ0) is 8.65. The highest BCUT2D eigenvalue weighted by molar-refractivity contribution is 6.40. The molecule has 60 valence electrons. The van der Waals surface area contributed by atoms with Crippen molar-refractivity contribution in [3.05, 3.63) is 0 Å². The molecule has 1 saturated heterocycles. The lowest BCUT2D eigenvalue weighted by Gasteiger charge is -2.45. The monoisotopic (exact) mass is 174 g/mol. The van der Waals surface area contributed by atoms with E-state index in [2.05, 4.69) is 0 Å². The third kappa shape index (κ3) is 0.817. The molecule has 0 spiro atoms. The fraction of sp³-hybridized carbons (Fsp3) is 0.667. The highest BCUT2D eigenvalue weighted by Crippen LogP contribution is 2.35. The number of ether oxygens (including phenoxy) is 1. The first-order valence-corrected chi connectivity index (χ1v) is 3.36. The molecule has 0 unspecified atom stereocenters. The molecule has 2 atom stereocenters. The molecule has 1 aliphatic rings. The van der Waals surface area contributed by atoms with Gasteiger partial charge in [0.2, 0.25) is 0 Å². The van der Waals surface area contributed by atoms with Crippen LogP contribution in [0.2, 0.25) is 0 Å². The van der Waals surface area contributed by atoms with E-state index in [1.807, 2.05) is 0 Å². The summed E-state index contributed by atoms with van der Waals surface area (Å²) in [6.07, 6.45) is -0.623. The van der Waals surface area contributed by atoms with Crippen LogP contribution in [0.3, 0.4) is 0 Å². The number of likely N-dealkylation sites (tertiary alicyclic amines) is 1. The summed E-state index contributed by atoms with van der Waals surface area (Å²) < 4.78 is 4.83. The Kier molecular flexibility index (Phi) is 1.78. The number of methoxy groups -OCH3 is 1. The van der Waals surface area contributed by atoms with Crippen LogP contribution >= 0.6 is 11.6 Å². The zero-order valence-corrected chi connectivity index (χ0v) is 6.92. The number of amides is 1. The predicted octanol–water partition coefficient (Wildman–Crippen LogP) is -0.0679. The van der Waals surface area contributed by atoms with Crippen molar-refractivity contribution in [3.63, 3.8) is 0 Å². The first kappa shape index (κ1) is 8.31. The number of hydrogen-bond acceptors (Lipinski definition) is 3. The molecular weight excluding hydrogens is 168 g/mol. The van der Waals surface area contributed by atoms with Crippen molar-refractivity contribution in [2.75, 3.05) is 14.2 Å². The SMILES string of the molecule is CO[C@H]1N(C)C(=O)[C@@]1(Cl)C#N. The molecule has 0 N–H and O–H groups in total. The van der Waals surface area contributed by atoms with Crippen LogP contribution in [0.15, 0.2) is 0 Å². The maximum Gasteiger partial charge on any atom is 0.264 e. The Hall–Kier alpha value is -0.790. The van der Waals surface area contributed by atoms with Crippen molar-refractivity contribution in [1.29, 1.82) is 5.26 Å². The number of rotatable bonds is 1. The molecule has 0 aromatic heterocycles. The lowest BCUT2D eigenvalue weighted by atomic mass is 9.97. The Morgan fingerprint density at radius 1 is 1.91 bits per heavy atom. The van der Waals surface area contributed by atoms with Crippen molar-refractivity contribution in [2.24, 2.45) is 0 Å². The van der Waals surface area contributed by atoms with Crippen molar-refractivity contribution in [1.82, 2.24) is 4.90 Å². The molecule has 0 aliphatic carbocycles. The molecule has 1 rings (SSSR count). The van der Waals surface area contributed by atoms with Crippen LogP contribution in [0.4, 0.5) is 0 Å². The second kappa shape index (κ2) is 2.36. The summed E-state index contributed by atoms with van der Waals surface area (Å²) in [4.78, 5) is 10.8. The van der Waals surface area contributed by atoms with E-state index in [1.165, 1.54) is 19.1 Å². The van der Waals surface area contributed by atoms with Gasteiger partial charge >= 0.3 is 0 Å². The Labute approximate surface area is 69.3 Å². The van der Waals surface area contributed by atoms with Crippen molar-refractivity contribution >= 4 is 17.5 Å². The highest BCUT2D eigenvalue weighted by Gasteiger charge is 2.60. The minimum Gasteiger partial charge on any atom is -0.358 e. The number of alkyl halides is 1. The lowest BCUT2D eigenvalue weighted by Crippen LogP contribution is -2.69. The number of carbonyl (C=O) groups excluding carboxylic acids is 1. The standard InChI is InChI=1S/C6H7ClN2O2/c1-9-4(10)6(7,3-8)5(9)11-2/h5H,1-2H3/t5-,6+/m1/s1. The fourth-order valence-electron chi connectivity index (χ4n) is 1.09. The van der Waals surface area contributed by atoms with Crippen LogP contribution in [0.5, 0.6) is 0 Å². The molecule has 4 nitrogen and oxygen atoms in total. The second-order valence-electron chi connectivity index (χ2n) is 2.33. The maximum absolute atomic E-state index is 11.0. The largest absolute Gasteiger partial charge is 0.358 e. The number of nitriles is 1. The predicted molar refractivity (Wildman–Crippen MR) is 37.8 cm³/mol. The molecular formula is C6H7ClN2O2. The lowest BCUT2D eigenvalue weighted by molar-refractivity contribution is -0.170. The Bertz CT molecular complexity index is 237. The van der Waals surface area contributed by atoms with Gasteiger partial charge in [0.1, 0.15) is 6.07 Å². The number of carbonyl (C=O) groups is 1. The van der Waals surface area contributed by atoms with Gasteiger partial charge < -0.3 is 9.64 Å². The quantitative estimate of drug-likeness (QED) is 0.413. The van der Waals surface area contributed by atoms with Crippen molar-refractivity contribution in [2.45, 2.75) is 11.1 Å². The molecule has 1 heterocycles. The summed E-state index contributed by atoms with van der Waals surface area (Å²) in [5.74, 6) is -0.409. The zero-order valence-electron chi connectivity index (χ0n) is 6.17. The summed E-state index contributed by atoms with van der Waals surface area (Å²) >= 11 is 5.63. The molecule has 0 bridgehead atoms. The topological polar surface area (TPSA) is 53.3 Å². The van der Waals surface area contributed by atoms with Gasteiger partial charge in [-0.3, -0.25) is 4.79 Å². The molecule has 1 fully saturated rings. The first-order valence-electron chi connectivity index (χ1n) is 2.98. The minimum atomic E-state index is -1.50. The Morgan fingerprint density at radius 3 is 2.73 bits per heavy atom. The molecule has 1 amide bonds. The van der Waals surface area contributed by atoms with Crippen LogP contribution < -0.4 is 0 Å². The van der Waals surface area contributed by atoms with Crippen LogP contribution in [0, 0.1) is 11.3 Å². The van der Waals surface area contributed by atoms with E-state index in [0.29, 0.717) is 0 Å². The molecule has 0 aromatic rings. The average Bonchev–Trinajstić information content (AvgIpc) is 2.04. The number of β-lactam (4-membered cyclic amide) rings is 1. The minimum absolute atomic E-state index is 0.409. The fourth-order valence-corrected chi connectivity index (χ4v) is 1.46. The van der Waals surface area contributed by atoms with Gasteiger partial charge in [0, 0.05) is 14.2 Å². The normalized spacial score (nSPS) is 36.4. The number of nitrogens with zero attached hydrogens (tertiary/aromatic N) is 2. The van der Waals surface area contributed by atoms with Crippen LogP contribution in [-0.4, -0.2) is 36.1 Å². The Morgan fingerprint density at radius 2 is 2.45 bits per heavy atom. The van der Waals surface area contributed by atoms with E-state index in [4.69, 9.17) is 21.6 Å². The van der Waals surface area contributed by atoms with E-state index < -0.39 is 17.0 Å². The molecule has 11 heavy (non-hydrogen) atoms. The second-order valence-corrected chi connectivity index (χ2v) is 2.92. The van der Waals surface area contributed by atoms with Gasteiger partial charge in [-0.25, -0.2) is 0 Å². The van der Waals surface area contributed by atoms with Gasteiger partial charge in [0.15, 0.2) is 6.23 Å². The average molecular weight is 175 g/mol. The summed E-state index contributed by atoms with van der Waals surface area (Å²) in [5, 5.41) is 8.53. The highest BCUT2D eigenvalue weighted by atomic mass is 35.5. The van der Waals surface area contributed by atoms with Crippen LogP contribution in [0.1, 0.15) is 0 Å². The third-order valence-corrected chi connectivity index (χ3v) is 2.14. The summed E-state index contributed by atoms with van der Waals surface area (Å²) in [5.41, 5.74) is 0. The van der Waals surface area contributed by atoms with E-state index in [-0.39, 0.29) is 0 Å². The summed E-state index contributed by atoms with van der Waals surface area (Å²) in [6, 6.07) is 1.71. The molecule has 5 heteroatoms. The van der Waals surface area contributed by atoms with Gasteiger partial charge in [-0.05, 0) is 0 Å². The van der Waals surface area contributed by atoms with Gasteiger partial charge in [-0.2, -0.15) is 5.26 Å². The van der Waals surface area contributed by atoms with Crippen molar-refractivity contribution in [3.8, 4) is 6.07 Å². The molecule has 0 aromatic carbocycles. The van der Waals surface area contributed by atoms with Gasteiger partial charge in [-0.15, -0.1) is 0 Å². The maximum atomic E-state index is 11.0. The summed E-state index contributed by atoms with van der Waals surface area (Å²) in [6.45, 7) is 0. The smallest absolute Gasteiger partial charge is 0.264 e. The number of hydrogen-bond donors (Lipinski definition) is 0. The van der Waals surface area contributed by atoms with Gasteiger partial charge in [0.05, 0.1) is 0 Å². The molecule has 1 aliphatic heterocycles. The third-order valence-electron chi connectivity index (χ3n) is 1.71. The number of halogens is 1. The van der Waals surface area contributed by atoms with E-state index in [0.717, 1.165) is 0 Å². The van der Waals surface area contributed by atoms with Crippen LogP contribution in [-0.2, 0) is 9.53 Å². The van der Waals surface area contributed by atoms with Gasteiger partial charge in [-0.1, -0.05) is 11.6 Å². The summed E-state index contributed by atoms with van der Waals surface area (Å²) in [7, 11) is 2.94. The first-order chi connectivity index (χ1) is 5.07.